The maximum atomic E-state index is 9.32. The first-order valence-electron chi connectivity index (χ1n) is 3.76. The minimum atomic E-state index is -0.482. The average molecular weight is 140 g/mol. The number of rotatable bonds is 1. The van der Waals surface area contributed by atoms with Crippen molar-refractivity contribution in [3.05, 3.63) is 0 Å². The predicted octanol–water partition coefficient (Wildman–Crippen LogP) is 0.287. The molecule has 3 heteroatoms. The molecule has 1 aliphatic heterocycles. The van der Waals surface area contributed by atoms with Gasteiger partial charge < -0.3 is 9.84 Å². The third kappa shape index (κ3) is 1.20. The largest absolute Gasteiger partial charge is 0.391 e. The van der Waals surface area contributed by atoms with Crippen LogP contribution in [0.3, 0.4) is 0 Å². The quantitative estimate of drug-likeness (QED) is 0.530. The van der Waals surface area contributed by atoms with Crippen LogP contribution in [0.15, 0.2) is 0 Å². The molecule has 0 bridgehead atoms. The predicted molar refractivity (Wildman–Crippen MR) is 39.9 cm³/mol. The van der Waals surface area contributed by atoms with Gasteiger partial charge in [0, 0.05) is 11.9 Å². The summed E-state index contributed by atoms with van der Waals surface area (Å²) in [5.74, 6) is 0.181. The van der Waals surface area contributed by atoms with Crippen LogP contribution in [-0.2, 0) is 4.74 Å². The van der Waals surface area contributed by atoms with Crippen molar-refractivity contribution in [2.75, 3.05) is 0 Å². The highest BCUT2D eigenvalue weighted by atomic mass is 16.5. The van der Waals surface area contributed by atoms with Crippen molar-refractivity contribution in [1.29, 1.82) is 0 Å². The highest BCUT2D eigenvalue weighted by Crippen LogP contribution is 2.26. The summed E-state index contributed by atoms with van der Waals surface area (Å²) in [5, 5.41) is 9.32. The Labute approximate surface area is 63.0 Å². The number of aliphatic hydroxyl groups excluding tert-OH is 1. The Kier molecular flexibility index (Phi) is 2.37. The monoisotopic (exact) mass is 140 g/mol. The SMILES string of the molecule is [B][C@@H]1O[C@H](CC)C(C)[C@@H]1O. The van der Waals surface area contributed by atoms with E-state index >= 15 is 0 Å². The molecule has 2 nitrogen and oxygen atoms in total. The lowest BCUT2D eigenvalue weighted by Crippen LogP contribution is -2.25. The number of hydrogen-bond acceptors (Lipinski definition) is 2. The molecule has 4 atom stereocenters. The first-order valence-corrected chi connectivity index (χ1v) is 3.76. The van der Waals surface area contributed by atoms with Gasteiger partial charge in [0.15, 0.2) is 0 Å². The van der Waals surface area contributed by atoms with Crippen LogP contribution in [0.25, 0.3) is 0 Å². The fourth-order valence-corrected chi connectivity index (χ4v) is 1.39. The molecule has 10 heavy (non-hydrogen) atoms. The van der Waals surface area contributed by atoms with Crippen LogP contribution in [0, 0.1) is 5.92 Å². The van der Waals surface area contributed by atoms with E-state index in [2.05, 4.69) is 0 Å². The zero-order valence-corrected chi connectivity index (χ0v) is 6.45. The van der Waals surface area contributed by atoms with Gasteiger partial charge in [0.25, 0.3) is 0 Å². The summed E-state index contributed by atoms with van der Waals surface area (Å²) in [4.78, 5) is 0. The Morgan fingerprint density at radius 1 is 1.60 bits per heavy atom. The van der Waals surface area contributed by atoms with Crippen LogP contribution in [0.4, 0.5) is 0 Å². The maximum absolute atomic E-state index is 9.32. The Hall–Kier alpha value is -0.0151. The minimum Gasteiger partial charge on any atom is -0.391 e. The summed E-state index contributed by atoms with van der Waals surface area (Å²) in [6.45, 7) is 4.00. The smallest absolute Gasteiger partial charge is 0.112 e. The molecule has 0 amide bonds. The van der Waals surface area contributed by atoms with E-state index in [0.717, 1.165) is 6.42 Å². The van der Waals surface area contributed by atoms with E-state index in [1.807, 2.05) is 13.8 Å². The molecule has 0 saturated carbocycles. The molecule has 0 aromatic rings. The molecule has 2 radical (unpaired) electrons. The first kappa shape index (κ1) is 8.09. The Balaban J connectivity index is 2.53. The Morgan fingerprint density at radius 3 is 2.40 bits per heavy atom. The van der Waals surface area contributed by atoms with E-state index in [-0.39, 0.29) is 12.0 Å². The van der Waals surface area contributed by atoms with Crippen molar-refractivity contribution >= 4 is 7.85 Å². The van der Waals surface area contributed by atoms with E-state index in [0.29, 0.717) is 0 Å². The van der Waals surface area contributed by atoms with E-state index in [9.17, 15) is 5.11 Å². The molecule has 0 aromatic carbocycles. The van der Waals surface area contributed by atoms with Gasteiger partial charge in [0.1, 0.15) is 7.85 Å². The third-order valence-electron chi connectivity index (χ3n) is 2.20. The van der Waals surface area contributed by atoms with Crippen molar-refractivity contribution in [1.82, 2.24) is 0 Å². The second-order valence-electron chi connectivity index (χ2n) is 2.90. The van der Waals surface area contributed by atoms with Gasteiger partial charge in [-0.1, -0.05) is 13.8 Å². The molecule has 1 rings (SSSR count). The molecule has 1 fully saturated rings. The van der Waals surface area contributed by atoms with Gasteiger partial charge in [-0.05, 0) is 6.42 Å². The lowest BCUT2D eigenvalue weighted by atomic mass is 9.88. The zero-order valence-electron chi connectivity index (χ0n) is 6.45. The second kappa shape index (κ2) is 2.93. The molecular weight excluding hydrogens is 127 g/mol. The van der Waals surface area contributed by atoms with Crippen molar-refractivity contribution in [3.8, 4) is 0 Å². The van der Waals surface area contributed by atoms with Crippen LogP contribution in [0.5, 0.6) is 0 Å². The van der Waals surface area contributed by atoms with E-state index in [1.165, 1.54) is 0 Å². The molecule has 0 aromatic heterocycles. The molecule has 1 N–H and O–H groups in total. The molecular formula is C7H13BO2. The maximum Gasteiger partial charge on any atom is 0.112 e. The van der Waals surface area contributed by atoms with Gasteiger partial charge in [-0.3, -0.25) is 0 Å². The van der Waals surface area contributed by atoms with E-state index < -0.39 is 12.1 Å². The van der Waals surface area contributed by atoms with Crippen LogP contribution in [-0.4, -0.2) is 31.2 Å². The van der Waals surface area contributed by atoms with Gasteiger partial charge in [-0.2, -0.15) is 0 Å². The van der Waals surface area contributed by atoms with Crippen LogP contribution in [0.1, 0.15) is 20.3 Å². The van der Waals surface area contributed by atoms with Crippen molar-refractivity contribution in [3.63, 3.8) is 0 Å². The van der Waals surface area contributed by atoms with Crippen LogP contribution in [0.2, 0.25) is 0 Å². The van der Waals surface area contributed by atoms with Gasteiger partial charge >= 0.3 is 0 Å². The molecule has 0 spiro atoms. The zero-order chi connectivity index (χ0) is 7.72. The molecule has 0 aliphatic carbocycles. The molecule has 1 unspecified atom stereocenters. The number of ether oxygens (including phenoxy) is 1. The highest BCUT2D eigenvalue weighted by molar-refractivity contribution is 6.11. The van der Waals surface area contributed by atoms with Gasteiger partial charge in [-0.25, -0.2) is 0 Å². The topological polar surface area (TPSA) is 29.5 Å². The number of hydrogen-bond donors (Lipinski definition) is 1. The fraction of sp³-hybridized carbons (Fsp3) is 1.00. The summed E-state index contributed by atoms with van der Waals surface area (Å²) >= 11 is 0. The fourth-order valence-electron chi connectivity index (χ4n) is 1.39. The molecule has 1 aliphatic rings. The molecule has 1 heterocycles. The van der Waals surface area contributed by atoms with Gasteiger partial charge in [0.05, 0.1) is 12.2 Å². The second-order valence-corrected chi connectivity index (χ2v) is 2.90. The average Bonchev–Trinajstić information content (AvgIpc) is 2.17. The van der Waals surface area contributed by atoms with E-state index in [1.54, 1.807) is 0 Å². The number of aliphatic hydroxyl groups is 1. The third-order valence-corrected chi connectivity index (χ3v) is 2.20. The molecule has 1 saturated heterocycles. The Bertz CT molecular complexity index is 118. The van der Waals surface area contributed by atoms with Gasteiger partial charge in [0.2, 0.25) is 0 Å². The standard InChI is InChI=1S/C7H13BO2/c1-3-5-4(2)6(9)7(8)10-5/h4-7,9H,3H2,1-2H3/t4?,5-,6+,7-/m1/s1. The minimum absolute atomic E-state index is 0.144. The van der Waals surface area contributed by atoms with E-state index in [4.69, 9.17) is 12.6 Å². The van der Waals surface area contributed by atoms with Crippen molar-refractivity contribution in [2.24, 2.45) is 5.92 Å². The Morgan fingerprint density at radius 2 is 2.20 bits per heavy atom. The van der Waals surface area contributed by atoms with Crippen LogP contribution >= 0.6 is 0 Å². The summed E-state index contributed by atoms with van der Waals surface area (Å²) in [5.41, 5.74) is 0. The van der Waals surface area contributed by atoms with Gasteiger partial charge in [-0.15, -0.1) is 0 Å². The summed E-state index contributed by atoms with van der Waals surface area (Å²) in [7, 11) is 5.46. The lowest BCUT2D eigenvalue weighted by Gasteiger charge is -2.12. The van der Waals surface area contributed by atoms with Crippen molar-refractivity contribution in [2.45, 2.75) is 38.5 Å². The summed E-state index contributed by atoms with van der Waals surface area (Å²) in [6, 6.07) is -0.472. The van der Waals surface area contributed by atoms with Crippen LogP contribution < -0.4 is 0 Å². The summed E-state index contributed by atoms with van der Waals surface area (Å²) in [6.07, 6.45) is 0.585. The first-order chi connectivity index (χ1) is 4.66. The van der Waals surface area contributed by atoms with Crippen molar-refractivity contribution < 1.29 is 9.84 Å². The summed E-state index contributed by atoms with van der Waals surface area (Å²) < 4.78 is 5.26. The lowest BCUT2D eigenvalue weighted by molar-refractivity contribution is 0.0578. The molecule has 56 valence electrons. The normalized spacial score (nSPS) is 47.9. The highest BCUT2D eigenvalue weighted by Gasteiger charge is 2.36.